The molecule has 2 rings (SSSR count). The molecule has 2 fully saturated rings. The molecule has 0 spiro atoms. The highest BCUT2D eigenvalue weighted by Gasteiger charge is 2.18. The number of carboxylic acid groups (broad SMARTS) is 2. The maximum absolute atomic E-state index is 10.4. The third-order valence-corrected chi connectivity index (χ3v) is 2.92. The number of rotatable bonds is 2. The van der Waals surface area contributed by atoms with Crippen LogP contribution in [-0.2, 0) is 19.2 Å². The SMILES string of the molecule is NC[C@@H]1CCC(=O)N1.NC[C@@H]1CCC(=O)N1.O=C(O)C(=O)O. The Hall–Kier alpha value is -2.20. The number of amides is 2. The van der Waals surface area contributed by atoms with Crippen LogP contribution in [0, 0.1) is 0 Å². The predicted octanol–water partition coefficient (Wildman–Crippen LogP) is -2.40. The van der Waals surface area contributed by atoms with Crippen molar-refractivity contribution in [3.8, 4) is 0 Å². The van der Waals surface area contributed by atoms with E-state index in [4.69, 9.17) is 31.3 Å². The van der Waals surface area contributed by atoms with Gasteiger partial charge < -0.3 is 32.3 Å². The van der Waals surface area contributed by atoms with Crippen LogP contribution >= 0.6 is 0 Å². The molecule has 0 aromatic carbocycles. The summed E-state index contributed by atoms with van der Waals surface area (Å²) in [4.78, 5) is 39.1. The summed E-state index contributed by atoms with van der Waals surface area (Å²) in [7, 11) is 0. The summed E-state index contributed by atoms with van der Waals surface area (Å²) in [5, 5.41) is 20.3. The van der Waals surface area contributed by atoms with Gasteiger partial charge in [-0.2, -0.15) is 0 Å². The van der Waals surface area contributed by atoms with Gasteiger partial charge in [-0.25, -0.2) is 9.59 Å². The molecule has 126 valence electrons. The van der Waals surface area contributed by atoms with E-state index in [0.29, 0.717) is 25.9 Å². The molecule has 2 aliphatic rings. The molecule has 2 saturated heterocycles. The lowest BCUT2D eigenvalue weighted by atomic mass is 10.2. The van der Waals surface area contributed by atoms with Crippen molar-refractivity contribution in [3.05, 3.63) is 0 Å². The lowest BCUT2D eigenvalue weighted by Gasteiger charge is -2.02. The van der Waals surface area contributed by atoms with Gasteiger partial charge in [-0.3, -0.25) is 9.59 Å². The molecule has 0 aromatic rings. The second kappa shape index (κ2) is 10.5. The van der Waals surface area contributed by atoms with Gasteiger partial charge in [-0.15, -0.1) is 0 Å². The highest BCUT2D eigenvalue weighted by molar-refractivity contribution is 6.27. The summed E-state index contributed by atoms with van der Waals surface area (Å²) < 4.78 is 0. The Morgan fingerprint density at radius 3 is 1.32 bits per heavy atom. The average molecular weight is 318 g/mol. The van der Waals surface area contributed by atoms with Crippen LogP contribution in [0.2, 0.25) is 0 Å². The smallest absolute Gasteiger partial charge is 0.414 e. The molecule has 0 aliphatic carbocycles. The van der Waals surface area contributed by atoms with Gasteiger partial charge in [-0.05, 0) is 12.8 Å². The van der Waals surface area contributed by atoms with Crippen molar-refractivity contribution >= 4 is 23.8 Å². The molecule has 8 N–H and O–H groups in total. The Balaban J connectivity index is 0.000000306. The monoisotopic (exact) mass is 318 g/mol. The molecule has 2 aliphatic heterocycles. The van der Waals surface area contributed by atoms with Gasteiger partial charge >= 0.3 is 11.9 Å². The van der Waals surface area contributed by atoms with E-state index in [1.807, 2.05) is 0 Å². The minimum absolute atomic E-state index is 0.139. The number of carboxylic acids is 2. The molecular formula is C12H22N4O6. The second-order valence-corrected chi connectivity index (χ2v) is 4.69. The zero-order chi connectivity index (χ0) is 17.1. The minimum atomic E-state index is -1.82. The van der Waals surface area contributed by atoms with Gasteiger partial charge in [0.15, 0.2) is 0 Å². The average Bonchev–Trinajstić information content (AvgIpc) is 3.08. The topological polar surface area (TPSA) is 185 Å². The molecule has 2 amide bonds. The second-order valence-electron chi connectivity index (χ2n) is 4.69. The van der Waals surface area contributed by atoms with Crippen LogP contribution in [0.4, 0.5) is 0 Å². The fourth-order valence-electron chi connectivity index (χ4n) is 1.71. The van der Waals surface area contributed by atoms with Gasteiger partial charge in [0.1, 0.15) is 0 Å². The van der Waals surface area contributed by atoms with E-state index in [-0.39, 0.29) is 23.9 Å². The number of hydrogen-bond acceptors (Lipinski definition) is 6. The summed E-state index contributed by atoms with van der Waals surface area (Å²) in [5.41, 5.74) is 10.6. The lowest BCUT2D eigenvalue weighted by Crippen LogP contribution is -2.32. The molecule has 0 saturated carbocycles. The van der Waals surface area contributed by atoms with Crippen molar-refractivity contribution in [1.29, 1.82) is 0 Å². The van der Waals surface area contributed by atoms with Gasteiger partial charge in [-0.1, -0.05) is 0 Å². The molecule has 10 nitrogen and oxygen atoms in total. The van der Waals surface area contributed by atoms with E-state index in [9.17, 15) is 9.59 Å². The standard InChI is InChI=1S/2C5H10N2O.C2H2O4/c2*6-3-4-1-2-5(8)7-4;3-1(4)2(5)6/h2*4H,1-3,6H2,(H,7,8);(H,3,4)(H,5,6)/t2*4-;/m00./s1. The first-order valence-corrected chi connectivity index (χ1v) is 6.75. The van der Waals surface area contributed by atoms with E-state index in [1.165, 1.54) is 0 Å². The predicted molar refractivity (Wildman–Crippen MR) is 75.7 cm³/mol. The van der Waals surface area contributed by atoms with Crippen molar-refractivity contribution in [2.45, 2.75) is 37.8 Å². The minimum Gasteiger partial charge on any atom is -0.473 e. The van der Waals surface area contributed by atoms with E-state index in [1.54, 1.807) is 0 Å². The first-order chi connectivity index (χ1) is 10.3. The number of aliphatic carboxylic acids is 2. The fraction of sp³-hybridized carbons (Fsp3) is 0.667. The number of nitrogens with one attached hydrogen (secondary N) is 2. The zero-order valence-electron chi connectivity index (χ0n) is 12.1. The molecule has 0 aromatic heterocycles. The Morgan fingerprint density at radius 1 is 0.909 bits per heavy atom. The maximum Gasteiger partial charge on any atom is 0.414 e. The first kappa shape index (κ1) is 19.8. The van der Waals surface area contributed by atoms with Crippen molar-refractivity contribution in [2.24, 2.45) is 11.5 Å². The third-order valence-electron chi connectivity index (χ3n) is 2.92. The van der Waals surface area contributed by atoms with E-state index in [2.05, 4.69) is 10.6 Å². The van der Waals surface area contributed by atoms with E-state index in [0.717, 1.165) is 12.8 Å². The first-order valence-electron chi connectivity index (χ1n) is 6.75. The number of carbonyl (C=O) groups excluding carboxylic acids is 2. The molecule has 0 radical (unpaired) electrons. The zero-order valence-corrected chi connectivity index (χ0v) is 12.1. The maximum atomic E-state index is 10.4. The molecule has 0 unspecified atom stereocenters. The summed E-state index contributed by atoms with van der Waals surface area (Å²) in [6, 6.07) is 0.505. The summed E-state index contributed by atoms with van der Waals surface area (Å²) in [5.74, 6) is -3.37. The normalized spacial score (nSPS) is 22.5. The van der Waals surface area contributed by atoms with Gasteiger partial charge in [0.25, 0.3) is 0 Å². The molecule has 22 heavy (non-hydrogen) atoms. The van der Waals surface area contributed by atoms with Crippen LogP contribution in [0.5, 0.6) is 0 Å². The summed E-state index contributed by atoms with van der Waals surface area (Å²) in [6.45, 7) is 1.15. The fourth-order valence-corrected chi connectivity index (χ4v) is 1.71. The van der Waals surface area contributed by atoms with Crippen LogP contribution in [0.25, 0.3) is 0 Å². The highest BCUT2D eigenvalue weighted by Crippen LogP contribution is 2.04. The summed E-state index contributed by atoms with van der Waals surface area (Å²) in [6.07, 6.45) is 3.13. The molecular weight excluding hydrogens is 296 g/mol. The van der Waals surface area contributed by atoms with Crippen LogP contribution in [0.3, 0.4) is 0 Å². The Kier molecular flexibility index (Phi) is 9.46. The van der Waals surface area contributed by atoms with Gasteiger partial charge in [0.2, 0.25) is 11.8 Å². The summed E-state index contributed by atoms with van der Waals surface area (Å²) >= 11 is 0. The van der Waals surface area contributed by atoms with Crippen LogP contribution in [-0.4, -0.2) is 59.1 Å². The van der Waals surface area contributed by atoms with Crippen molar-refractivity contribution in [2.75, 3.05) is 13.1 Å². The van der Waals surface area contributed by atoms with E-state index < -0.39 is 11.9 Å². The van der Waals surface area contributed by atoms with Crippen LogP contribution < -0.4 is 22.1 Å². The quantitative estimate of drug-likeness (QED) is 0.304. The van der Waals surface area contributed by atoms with Crippen molar-refractivity contribution in [3.63, 3.8) is 0 Å². The van der Waals surface area contributed by atoms with Crippen LogP contribution in [0.15, 0.2) is 0 Å². The van der Waals surface area contributed by atoms with Gasteiger partial charge in [0.05, 0.1) is 0 Å². The molecule has 2 atom stereocenters. The molecule has 0 bridgehead atoms. The lowest BCUT2D eigenvalue weighted by molar-refractivity contribution is -0.159. The Morgan fingerprint density at radius 2 is 1.23 bits per heavy atom. The molecule has 2 heterocycles. The highest BCUT2D eigenvalue weighted by atomic mass is 16.4. The molecule has 10 heteroatoms. The number of hydrogen-bond donors (Lipinski definition) is 6. The number of carbonyl (C=O) groups is 4. The van der Waals surface area contributed by atoms with Crippen molar-refractivity contribution < 1.29 is 29.4 Å². The Bertz CT molecular complexity index is 376. The number of nitrogens with two attached hydrogens (primary N) is 2. The van der Waals surface area contributed by atoms with E-state index >= 15 is 0 Å². The van der Waals surface area contributed by atoms with Crippen molar-refractivity contribution in [1.82, 2.24) is 10.6 Å². The largest absolute Gasteiger partial charge is 0.473 e. The third kappa shape index (κ3) is 8.87. The van der Waals surface area contributed by atoms with Gasteiger partial charge in [0, 0.05) is 38.0 Å². The Labute approximate surface area is 127 Å². The van der Waals surface area contributed by atoms with Crippen LogP contribution in [0.1, 0.15) is 25.7 Å².